The SMILES string of the molecule is CCNC(=S)Nc1nc(C)cc(N2CCOCC2)n1. The fourth-order valence-electron chi connectivity index (χ4n) is 1.87. The third kappa shape index (κ3) is 4.00. The van der Waals surface area contributed by atoms with Crippen molar-refractivity contribution >= 4 is 29.1 Å². The molecule has 7 heteroatoms. The van der Waals surface area contributed by atoms with Crippen LogP contribution in [-0.4, -0.2) is 47.9 Å². The molecule has 2 rings (SSSR count). The first-order valence-corrected chi connectivity index (χ1v) is 6.83. The summed E-state index contributed by atoms with van der Waals surface area (Å²) in [4.78, 5) is 11.0. The smallest absolute Gasteiger partial charge is 0.231 e. The molecule has 2 N–H and O–H groups in total. The molecule has 1 aliphatic heterocycles. The van der Waals surface area contributed by atoms with Crippen LogP contribution in [0.1, 0.15) is 12.6 Å². The zero-order valence-electron chi connectivity index (χ0n) is 11.3. The summed E-state index contributed by atoms with van der Waals surface area (Å²) in [6.45, 7) is 7.90. The summed E-state index contributed by atoms with van der Waals surface area (Å²) in [5.74, 6) is 1.45. The van der Waals surface area contributed by atoms with Gasteiger partial charge in [-0.15, -0.1) is 0 Å². The van der Waals surface area contributed by atoms with Crippen molar-refractivity contribution in [3.63, 3.8) is 0 Å². The molecule has 0 spiro atoms. The molecule has 0 saturated carbocycles. The standard InChI is InChI=1S/C12H19N5OS/c1-3-13-12(19)16-11-14-9(2)8-10(15-11)17-4-6-18-7-5-17/h8H,3-7H2,1-2H3,(H2,13,14,15,16,19). The number of nitrogens with zero attached hydrogens (tertiary/aromatic N) is 3. The molecule has 0 radical (unpaired) electrons. The van der Waals surface area contributed by atoms with E-state index in [2.05, 4.69) is 25.5 Å². The molecule has 1 aromatic heterocycles. The summed E-state index contributed by atoms with van der Waals surface area (Å²) in [7, 11) is 0. The number of hydrogen-bond acceptors (Lipinski definition) is 5. The molecule has 0 atom stereocenters. The highest BCUT2D eigenvalue weighted by molar-refractivity contribution is 7.80. The van der Waals surface area contributed by atoms with E-state index in [0.717, 1.165) is 44.4 Å². The van der Waals surface area contributed by atoms with Gasteiger partial charge in [0.25, 0.3) is 0 Å². The van der Waals surface area contributed by atoms with Gasteiger partial charge in [0.1, 0.15) is 5.82 Å². The largest absolute Gasteiger partial charge is 0.378 e. The zero-order chi connectivity index (χ0) is 13.7. The Kier molecular flexibility index (Phi) is 4.86. The first-order valence-electron chi connectivity index (χ1n) is 6.42. The van der Waals surface area contributed by atoms with Gasteiger partial charge in [-0.25, -0.2) is 4.98 Å². The average Bonchev–Trinajstić information content (AvgIpc) is 2.39. The Hall–Kier alpha value is -1.47. The lowest BCUT2D eigenvalue weighted by atomic mass is 10.3. The van der Waals surface area contributed by atoms with E-state index < -0.39 is 0 Å². The summed E-state index contributed by atoms with van der Waals surface area (Å²) >= 11 is 5.14. The number of ether oxygens (including phenoxy) is 1. The number of morpholine rings is 1. The van der Waals surface area contributed by atoms with Gasteiger partial charge in [0.2, 0.25) is 5.95 Å². The molecular formula is C12H19N5OS. The number of thiocarbonyl (C=S) groups is 1. The van der Waals surface area contributed by atoms with Gasteiger partial charge < -0.3 is 20.3 Å². The highest BCUT2D eigenvalue weighted by Gasteiger charge is 2.14. The van der Waals surface area contributed by atoms with Crippen LogP contribution >= 0.6 is 12.2 Å². The minimum Gasteiger partial charge on any atom is -0.378 e. The maximum Gasteiger partial charge on any atom is 0.231 e. The van der Waals surface area contributed by atoms with E-state index in [4.69, 9.17) is 17.0 Å². The van der Waals surface area contributed by atoms with Crippen LogP contribution in [-0.2, 0) is 4.74 Å². The van der Waals surface area contributed by atoms with E-state index in [-0.39, 0.29) is 0 Å². The molecule has 0 amide bonds. The fraction of sp³-hybridized carbons (Fsp3) is 0.583. The van der Waals surface area contributed by atoms with Gasteiger partial charge in [0, 0.05) is 31.4 Å². The molecule has 1 aromatic rings. The van der Waals surface area contributed by atoms with Gasteiger partial charge in [-0.2, -0.15) is 4.98 Å². The molecular weight excluding hydrogens is 262 g/mol. The Morgan fingerprint density at radius 2 is 2.16 bits per heavy atom. The maximum absolute atomic E-state index is 5.35. The number of aryl methyl sites for hydroxylation is 1. The van der Waals surface area contributed by atoms with Crippen LogP contribution in [0.4, 0.5) is 11.8 Å². The normalized spacial score (nSPS) is 15.2. The van der Waals surface area contributed by atoms with Crippen molar-refractivity contribution in [3.8, 4) is 0 Å². The summed E-state index contributed by atoms with van der Waals surface area (Å²) in [5, 5.41) is 6.57. The minimum atomic E-state index is 0.535. The lowest BCUT2D eigenvalue weighted by molar-refractivity contribution is 0.122. The fourth-order valence-corrected chi connectivity index (χ4v) is 2.10. The van der Waals surface area contributed by atoms with Crippen LogP contribution in [0, 0.1) is 6.92 Å². The van der Waals surface area contributed by atoms with Crippen LogP contribution in [0.15, 0.2) is 6.07 Å². The number of rotatable bonds is 3. The lowest BCUT2D eigenvalue weighted by Crippen LogP contribution is -2.37. The van der Waals surface area contributed by atoms with Crippen LogP contribution < -0.4 is 15.5 Å². The average molecular weight is 281 g/mol. The number of nitrogens with one attached hydrogen (secondary N) is 2. The van der Waals surface area contributed by atoms with Gasteiger partial charge in [0.05, 0.1) is 13.2 Å². The topological polar surface area (TPSA) is 62.3 Å². The van der Waals surface area contributed by atoms with Gasteiger partial charge in [-0.1, -0.05) is 0 Å². The number of hydrogen-bond donors (Lipinski definition) is 2. The highest BCUT2D eigenvalue weighted by atomic mass is 32.1. The quantitative estimate of drug-likeness (QED) is 0.799. The molecule has 0 unspecified atom stereocenters. The van der Waals surface area contributed by atoms with Crippen LogP contribution in [0.25, 0.3) is 0 Å². The summed E-state index contributed by atoms with van der Waals surface area (Å²) in [5.41, 5.74) is 0.915. The molecule has 19 heavy (non-hydrogen) atoms. The first-order chi connectivity index (χ1) is 9.19. The second kappa shape index (κ2) is 6.63. The lowest BCUT2D eigenvalue weighted by Gasteiger charge is -2.28. The summed E-state index contributed by atoms with van der Waals surface area (Å²) < 4.78 is 5.35. The third-order valence-corrected chi connectivity index (χ3v) is 2.98. The van der Waals surface area contributed by atoms with Gasteiger partial charge in [-0.05, 0) is 26.1 Å². The number of anilines is 2. The molecule has 6 nitrogen and oxygen atoms in total. The van der Waals surface area contributed by atoms with Crippen molar-refractivity contribution in [2.45, 2.75) is 13.8 Å². The molecule has 1 saturated heterocycles. The van der Waals surface area contributed by atoms with Crippen molar-refractivity contribution in [1.29, 1.82) is 0 Å². The Morgan fingerprint density at radius 3 is 2.84 bits per heavy atom. The van der Waals surface area contributed by atoms with Crippen molar-refractivity contribution in [1.82, 2.24) is 15.3 Å². The summed E-state index contributed by atoms with van der Waals surface area (Å²) in [6, 6.07) is 1.98. The van der Waals surface area contributed by atoms with Crippen molar-refractivity contribution < 1.29 is 4.74 Å². The van der Waals surface area contributed by atoms with E-state index in [1.54, 1.807) is 0 Å². The van der Waals surface area contributed by atoms with Gasteiger partial charge in [0.15, 0.2) is 5.11 Å². The molecule has 2 heterocycles. The Bertz CT molecular complexity index is 448. The second-order valence-electron chi connectivity index (χ2n) is 4.28. The predicted octanol–water partition coefficient (Wildman–Crippen LogP) is 0.928. The Balaban J connectivity index is 2.11. The maximum atomic E-state index is 5.35. The van der Waals surface area contributed by atoms with Crippen molar-refractivity contribution in [2.24, 2.45) is 0 Å². The Labute approximate surface area is 118 Å². The van der Waals surface area contributed by atoms with Gasteiger partial charge >= 0.3 is 0 Å². The van der Waals surface area contributed by atoms with Gasteiger partial charge in [-0.3, -0.25) is 0 Å². The molecule has 0 aromatic carbocycles. The predicted molar refractivity (Wildman–Crippen MR) is 79.7 cm³/mol. The molecule has 1 aliphatic rings. The second-order valence-corrected chi connectivity index (χ2v) is 4.68. The zero-order valence-corrected chi connectivity index (χ0v) is 12.1. The third-order valence-electron chi connectivity index (χ3n) is 2.74. The monoisotopic (exact) mass is 281 g/mol. The van der Waals surface area contributed by atoms with Crippen LogP contribution in [0.2, 0.25) is 0 Å². The number of aromatic nitrogens is 2. The van der Waals surface area contributed by atoms with E-state index in [1.807, 2.05) is 19.9 Å². The highest BCUT2D eigenvalue weighted by Crippen LogP contribution is 2.16. The molecule has 0 aliphatic carbocycles. The van der Waals surface area contributed by atoms with E-state index in [0.29, 0.717) is 11.1 Å². The van der Waals surface area contributed by atoms with E-state index in [9.17, 15) is 0 Å². The molecule has 104 valence electrons. The van der Waals surface area contributed by atoms with E-state index in [1.165, 1.54) is 0 Å². The minimum absolute atomic E-state index is 0.535. The summed E-state index contributed by atoms with van der Waals surface area (Å²) in [6.07, 6.45) is 0. The van der Waals surface area contributed by atoms with Crippen molar-refractivity contribution in [3.05, 3.63) is 11.8 Å². The first kappa shape index (κ1) is 14.0. The molecule has 1 fully saturated rings. The Morgan fingerprint density at radius 1 is 1.42 bits per heavy atom. The molecule has 0 bridgehead atoms. The van der Waals surface area contributed by atoms with Crippen LogP contribution in [0.5, 0.6) is 0 Å². The van der Waals surface area contributed by atoms with Crippen molar-refractivity contribution in [2.75, 3.05) is 43.1 Å². The van der Waals surface area contributed by atoms with Crippen LogP contribution in [0.3, 0.4) is 0 Å². The van der Waals surface area contributed by atoms with E-state index >= 15 is 0 Å².